The monoisotopic (exact) mass is 301 g/mol. The standard InChI is InChI=1S/C17H23N3O2/c1-12(17(21)22)10-19(4)11-15-5-7-16(8-6-15)20-14(3)9-13(2)18-20/h5-9,12H,10-11H2,1-4H3,(H,21,22). The molecule has 0 bridgehead atoms. The maximum Gasteiger partial charge on any atom is 0.307 e. The first-order valence-electron chi connectivity index (χ1n) is 7.40. The first-order chi connectivity index (χ1) is 10.4. The van der Waals surface area contributed by atoms with Crippen molar-refractivity contribution in [2.24, 2.45) is 5.92 Å². The van der Waals surface area contributed by atoms with Crippen molar-refractivity contribution in [1.29, 1.82) is 0 Å². The molecule has 1 atom stereocenters. The smallest absolute Gasteiger partial charge is 0.307 e. The van der Waals surface area contributed by atoms with Gasteiger partial charge >= 0.3 is 5.97 Å². The maximum atomic E-state index is 10.9. The molecule has 0 spiro atoms. The Labute approximate surface area is 131 Å². The van der Waals surface area contributed by atoms with Crippen LogP contribution in [0, 0.1) is 19.8 Å². The van der Waals surface area contributed by atoms with Gasteiger partial charge in [-0.15, -0.1) is 0 Å². The Hall–Kier alpha value is -2.14. The Kier molecular flexibility index (Phi) is 4.98. The Morgan fingerprint density at radius 2 is 1.95 bits per heavy atom. The second kappa shape index (κ2) is 6.75. The van der Waals surface area contributed by atoms with E-state index in [0.717, 1.165) is 29.2 Å². The highest BCUT2D eigenvalue weighted by atomic mass is 16.4. The van der Waals surface area contributed by atoms with Gasteiger partial charge in [0.15, 0.2) is 0 Å². The van der Waals surface area contributed by atoms with E-state index in [-0.39, 0.29) is 5.92 Å². The predicted molar refractivity (Wildman–Crippen MR) is 86.2 cm³/mol. The molecule has 0 radical (unpaired) electrons. The van der Waals surface area contributed by atoms with Crippen LogP contribution in [0.5, 0.6) is 0 Å². The minimum Gasteiger partial charge on any atom is -0.481 e. The van der Waals surface area contributed by atoms with Gasteiger partial charge < -0.3 is 10.0 Å². The van der Waals surface area contributed by atoms with Gasteiger partial charge in [-0.05, 0) is 44.7 Å². The lowest BCUT2D eigenvalue weighted by Gasteiger charge is -2.19. The van der Waals surface area contributed by atoms with Crippen LogP contribution in [-0.4, -0.2) is 39.3 Å². The molecule has 1 unspecified atom stereocenters. The summed E-state index contributed by atoms with van der Waals surface area (Å²) in [5, 5.41) is 13.4. The van der Waals surface area contributed by atoms with E-state index < -0.39 is 5.97 Å². The van der Waals surface area contributed by atoms with Crippen LogP contribution in [0.4, 0.5) is 0 Å². The van der Waals surface area contributed by atoms with E-state index in [9.17, 15) is 4.79 Å². The molecular formula is C17H23N3O2. The average molecular weight is 301 g/mol. The third kappa shape index (κ3) is 3.95. The van der Waals surface area contributed by atoms with E-state index in [1.54, 1.807) is 6.92 Å². The van der Waals surface area contributed by atoms with Gasteiger partial charge in [0.2, 0.25) is 0 Å². The summed E-state index contributed by atoms with van der Waals surface area (Å²) in [4.78, 5) is 12.9. The Morgan fingerprint density at radius 3 is 2.45 bits per heavy atom. The number of carboxylic acid groups (broad SMARTS) is 1. The highest BCUT2D eigenvalue weighted by molar-refractivity contribution is 5.69. The molecule has 0 fully saturated rings. The lowest BCUT2D eigenvalue weighted by Crippen LogP contribution is -2.28. The zero-order chi connectivity index (χ0) is 16.3. The molecule has 0 aliphatic carbocycles. The third-order valence-corrected chi connectivity index (χ3v) is 3.65. The Balaban J connectivity index is 2.03. The molecule has 1 aromatic heterocycles. The van der Waals surface area contributed by atoms with Crippen LogP contribution in [0.2, 0.25) is 0 Å². The summed E-state index contributed by atoms with van der Waals surface area (Å²) in [6.45, 7) is 7.01. The molecule has 118 valence electrons. The van der Waals surface area contributed by atoms with Crippen molar-refractivity contribution in [3.05, 3.63) is 47.3 Å². The van der Waals surface area contributed by atoms with Crippen LogP contribution in [0.25, 0.3) is 5.69 Å². The summed E-state index contributed by atoms with van der Waals surface area (Å²) < 4.78 is 1.93. The number of hydrogen-bond donors (Lipinski definition) is 1. The van der Waals surface area contributed by atoms with Crippen molar-refractivity contribution < 1.29 is 9.90 Å². The highest BCUT2D eigenvalue weighted by Crippen LogP contribution is 2.14. The molecule has 2 aromatic rings. The van der Waals surface area contributed by atoms with Crippen LogP contribution < -0.4 is 0 Å². The molecule has 22 heavy (non-hydrogen) atoms. The summed E-state index contributed by atoms with van der Waals surface area (Å²) >= 11 is 0. The zero-order valence-corrected chi connectivity index (χ0v) is 13.6. The van der Waals surface area contributed by atoms with Gasteiger partial charge in [0.1, 0.15) is 0 Å². The molecule has 1 aromatic carbocycles. The second-order valence-electron chi connectivity index (χ2n) is 5.94. The van der Waals surface area contributed by atoms with Crippen LogP contribution in [0.1, 0.15) is 23.9 Å². The topological polar surface area (TPSA) is 58.4 Å². The number of carboxylic acids is 1. The first-order valence-corrected chi connectivity index (χ1v) is 7.40. The molecule has 0 amide bonds. The molecule has 1 heterocycles. The van der Waals surface area contributed by atoms with Gasteiger partial charge in [-0.1, -0.05) is 19.1 Å². The molecule has 0 saturated heterocycles. The molecular weight excluding hydrogens is 278 g/mol. The minimum atomic E-state index is -0.758. The van der Waals surface area contributed by atoms with Crippen molar-refractivity contribution >= 4 is 5.97 Å². The number of aromatic nitrogens is 2. The summed E-state index contributed by atoms with van der Waals surface area (Å²) in [7, 11) is 1.94. The molecule has 5 heteroatoms. The lowest BCUT2D eigenvalue weighted by atomic mass is 10.1. The molecule has 1 N–H and O–H groups in total. The number of benzene rings is 1. The van der Waals surface area contributed by atoms with Crippen molar-refractivity contribution in [2.75, 3.05) is 13.6 Å². The average Bonchev–Trinajstić information content (AvgIpc) is 2.78. The fourth-order valence-corrected chi connectivity index (χ4v) is 2.55. The summed E-state index contributed by atoms with van der Waals surface area (Å²) in [5.74, 6) is -1.12. The normalized spacial score (nSPS) is 12.6. The van der Waals surface area contributed by atoms with Crippen LogP contribution in [0.3, 0.4) is 0 Å². The van der Waals surface area contributed by atoms with Crippen molar-refractivity contribution in [3.63, 3.8) is 0 Å². The largest absolute Gasteiger partial charge is 0.481 e. The minimum absolute atomic E-state index is 0.362. The third-order valence-electron chi connectivity index (χ3n) is 3.65. The predicted octanol–water partition coefficient (Wildman–Crippen LogP) is 2.64. The number of nitrogens with zero attached hydrogens (tertiary/aromatic N) is 3. The van der Waals surface area contributed by atoms with E-state index in [4.69, 9.17) is 5.11 Å². The van der Waals surface area contributed by atoms with Gasteiger partial charge in [0, 0.05) is 18.8 Å². The zero-order valence-electron chi connectivity index (χ0n) is 13.6. The van der Waals surface area contributed by atoms with Crippen molar-refractivity contribution in [3.8, 4) is 5.69 Å². The highest BCUT2D eigenvalue weighted by Gasteiger charge is 2.13. The number of rotatable bonds is 6. The number of carbonyl (C=O) groups is 1. The number of hydrogen-bond acceptors (Lipinski definition) is 3. The maximum absolute atomic E-state index is 10.9. The molecule has 0 aliphatic heterocycles. The Bertz CT molecular complexity index is 646. The quantitative estimate of drug-likeness (QED) is 0.891. The SMILES string of the molecule is Cc1cc(C)n(-c2ccc(CN(C)CC(C)C(=O)O)cc2)n1. The second-order valence-corrected chi connectivity index (χ2v) is 5.94. The molecule has 0 aliphatic rings. The van der Waals surface area contributed by atoms with Crippen molar-refractivity contribution in [2.45, 2.75) is 27.3 Å². The van der Waals surface area contributed by atoms with Crippen LogP contribution in [-0.2, 0) is 11.3 Å². The van der Waals surface area contributed by atoms with Gasteiger partial charge in [-0.3, -0.25) is 4.79 Å². The Morgan fingerprint density at radius 1 is 1.32 bits per heavy atom. The molecule has 2 rings (SSSR count). The van der Waals surface area contributed by atoms with Gasteiger partial charge in [0.05, 0.1) is 17.3 Å². The fraction of sp³-hybridized carbons (Fsp3) is 0.412. The van der Waals surface area contributed by atoms with E-state index >= 15 is 0 Å². The van der Waals surface area contributed by atoms with E-state index in [0.29, 0.717) is 6.54 Å². The summed E-state index contributed by atoms with van der Waals surface area (Å²) in [6.07, 6.45) is 0. The van der Waals surface area contributed by atoms with Gasteiger partial charge in [-0.25, -0.2) is 4.68 Å². The first kappa shape index (κ1) is 16.2. The molecule has 0 saturated carbocycles. The van der Waals surface area contributed by atoms with E-state index in [1.807, 2.05) is 42.6 Å². The summed E-state index contributed by atoms with van der Waals surface area (Å²) in [5.41, 5.74) is 4.31. The van der Waals surface area contributed by atoms with Crippen LogP contribution in [0.15, 0.2) is 30.3 Å². The van der Waals surface area contributed by atoms with E-state index in [1.165, 1.54) is 0 Å². The van der Waals surface area contributed by atoms with Gasteiger partial charge in [0.25, 0.3) is 0 Å². The van der Waals surface area contributed by atoms with Crippen LogP contribution >= 0.6 is 0 Å². The van der Waals surface area contributed by atoms with E-state index in [2.05, 4.69) is 23.3 Å². The number of aryl methyl sites for hydroxylation is 2. The number of aliphatic carboxylic acids is 1. The van der Waals surface area contributed by atoms with Crippen molar-refractivity contribution in [1.82, 2.24) is 14.7 Å². The lowest BCUT2D eigenvalue weighted by molar-refractivity contribution is -0.141. The summed E-state index contributed by atoms with van der Waals surface area (Å²) in [6, 6.07) is 10.3. The molecule has 5 nitrogen and oxygen atoms in total. The fourth-order valence-electron chi connectivity index (χ4n) is 2.55. The van der Waals surface area contributed by atoms with Gasteiger partial charge in [-0.2, -0.15) is 5.10 Å².